The van der Waals surface area contributed by atoms with Crippen molar-refractivity contribution in [1.82, 2.24) is 5.32 Å². The van der Waals surface area contributed by atoms with E-state index < -0.39 is 5.91 Å². The lowest BCUT2D eigenvalue weighted by atomic mass is 10.0. The van der Waals surface area contributed by atoms with Gasteiger partial charge in [-0.2, -0.15) is 5.26 Å². The standard InChI is InChI=1S/C13H16N2O2/c1-9(2)10-4-5-12(17-3)11(6-10)8-15-13(16)7-14/h4-6,9H,8H2,1-3H3,(H,15,16). The van der Waals surface area contributed by atoms with Gasteiger partial charge in [0.05, 0.1) is 7.11 Å². The molecule has 1 aromatic carbocycles. The van der Waals surface area contributed by atoms with E-state index in [9.17, 15) is 4.79 Å². The largest absolute Gasteiger partial charge is 0.496 e. The summed E-state index contributed by atoms with van der Waals surface area (Å²) >= 11 is 0. The molecule has 0 unspecified atom stereocenters. The first-order valence-corrected chi connectivity index (χ1v) is 5.43. The van der Waals surface area contributed by atoms with Crippen LogP contribution in [0.2, 0.25) is 0 Å². The van der Waals surface area contributed by atoms with Crippen LogP contribution >= 0.6 is 0 Å². The lowest BCUT2D eigenvalue weighted by Gasteiger charge is -2.12. The fraction of sp³-hybridized carbons (Fsp3) is 0.385. The van der Waals surface area contributed by atoms with E-state index in [0.717, 1.165) is 5.56 Å². The molecule has 17 heavy (non-hydrogen) atoms. The van der Waals surface area contributed by atoms with Gasteiger partial charge in [-0.05, 0) is 17.5 Å². The maximum atomic E-state index is 10.9. The molecule has 0 aliphatic rings. The Hall–Kier alpha value is -2.02. The van der Waals surface area contributed by atoms with Crippen molar-refractivity contribution in [3.05, 3.63) is 29.3 Å². The molecule has 0 spiro atoms. The van der Waals surface area contributed by atoms with Gasteiger partial charge in [0.1, 0.15) is 5.75 Å². The molecule has 0 bridgehead atoms. The SMILES string of the molecule is COc1ccc(C(C)C)cc1CNC(=O)C#N. The zero-order chi connectivity index (χ0) is 12.8. The zero-order valence-corrected chi connectivity index (χ0v) is 10.3. The molecule has 1 aromatic rings. The smallest absolute Gasteiger partial charge is 0.322 e. The van der Waals surface area contributed by atoms with Crippen LogP contribution in [0.4, 0.5) is 0 Å². The van der Waals surface area contributed by atoms with Crippen molar-refractivity contribution in [3.8, 4) is 11.8 Å². The molecule has 1 rings (SSSR count). The Bertz CT molecular complexity index is 447. The minimum absolute atomic E-state index is 0.302. The zero-order valence-electron chi connectivity index (χ0n) is 10.3. The van der Waals surface area contributed by atoms with Gasteiger partial charge in [0.15, 0.2) is 6.07 Å². The van der Waals surface area contributed by atoms with E-state index in [1.54, 1.807) is 7.11 Å². The second-order valence-electron chi connectivity index (χ2n) is 4.02. The topological polar surface area (TPSA) is 62.1 Å². The Kier molecular flexibility index (Phi) is 4.53. The number of carbonyl (C=O) groups excluding carboxylic acids is 1. The fourth-order valence-corrected chi connectivity index (χ4v) is 1.51. The summed E-state index contributed by atoms with van der Waals surface area (Å²) < 4.78 is 5.21. The van der Waals surface area contributed by atoms with Crippen molar-refractivity contribution in [1.29, 1.82) is 5.26 Å². The van der Waals surface area contributed by atoms with Crippen LogP contribution in [-0.2, 0) is 11.3 Å². The van der Waals surface area contributed by atoms with Gasteiger partial charge in [-0.3, -0.25) is 4.79 Å². The van der Waals surface area contributed by atoms with Gasteiger partial charge < -0.3 is 10.1 Å². The number of hydrogen-bond acceptors (Lipinski definition) is 3. The first-order chi connectivity index (χ1) is 8.08. The van der Waals surface area contributed by atoms with E-state index in [1.165, 1.54) is 11.6 Å². The first kappa shape index (κ1) is 13.0. The van der Waals surface area contributed by atoms with Crippen LogP contribution in [0.25, 0.3) is 0 Å². The molecule has 1 amide bonds. The third-order valence-electron chi connectivity index (χ3n) is 2.51. The fourth-order valence-electron chi connectivity index (χ4n) is 1.51. The summed E-state index contributed by atoms with van der Waals surface area (Å²) in [6.07, 6.45) is 0. The second kappa shape index (κ2) is 5.90. The Balaban J connectivity index is 2.91. The number of carbonyl (C=O) groups is 1. The van der Waals surface area contributed by atoms with E-state index in [4.69, 9.17) is 10.00 Å². The Morgan fingerprint density at radius 3 is 2.76 bits per heavy atom. The number of nitriles is 1. The third-order valence-corrected chi connectivity index (χ3v) is 2.51. The van der Waals surface area contributed by atoms with Crippen molar-refractivity contribution in [2.24, 2.45) is 0 Å². The van der Waals surface area contributed by atoms with E-state index in [2.05, 4.69) is 19.2 Å². The predicted molar refractivity (Wildman–Crippen MR) is 64.5 cm³/mol. The summed E-state index contributed by atoms with van der Waals surface area (Å²) in [5, 5.41) is 10.9. The van der Waals surface area contributed by atoms with Crippen molar-refractivity contribution in [3.63, 3.8) is 0 Å². The number of amides is 1. The first-order valence-electron chi connectivity index (χ1n) is 5.43. The lowest BCUT2D eigenvalue weighted by molar-refractivity contribution is -0.116. The van der Waals surface area contributed by atoms with Crippen molar-refractivity contribution in [2.45, 2.75) is 26.3 Å². The molecular formula is C13H16N2O2. The number of ether oxygens (including phenoxy) is 1. The van der Waals surface area contributed by atoms with Crippen molar-refractivity contribution >= 4 is 5.91 Å². The van der Waals surface area contributed by atoms with Crippen LogP contribution in [0.1, 0.15) is 30.9 Å². The maximum absolute atomic E-state index is 10.9. The molecule has 1 N–H and O–H groups in total. The highest BCUT2D eigenvalue weighted by molar-refractivity contribution is 5.91. The van der Waals surface area contributed by atoms with Crippen LogP contribution in [-0.4, -0.2) is 13.0 Å². The number of benzene rings is 1. The molecule has 4 nitrogen and oxygen atoms in total. The maximum Gasteiger partial charge on any atom is 0.322 e. The van der Waals surface area contributed by atoms with Gasteiger partial charge in [-0.15, -0.1) is 0 Å². The lowest BCUT2D eigenvalue weighted by Crippen LogP contribution is -2.21. The van der Waals surface area contributed by atoms with Gasteiger partial charge in [0.2, 0.25) is 0 Å². The number of nitrogens with zero attached hydrogens (tertiary/aromatic N) is 1. The van der Waals surface area contributed by atoms with Gasteiger partial charge in [0, 0.05) is 12.1 Å². The molecule has 0 aromatic heterocycles. The van der Waals surface area contributed by atoms with Crippen LogP contribution in [0, 0.1) is 11.3 Å². The quantitative estimate of drug-likeness (QED) is 0.807. The summed E-state index contributed by atoms with van der Waals surface area (Å²) in [6, 6.07) is 7.38. The van der Waals surface area contributed by atoms with E-state index in [0.29, 0.717) is 18.2 Å². The number of nitrogens with one attached hydrogen (secondary N) is 1. The van der Waals surface area contributed by atoms with Gasteiger partial charge in [-0.1, -0.05) is 26.0 Å². The average Bonchev–Trinajstić information content (AvgIpc) is 2.35. The Morgan fingerprint density at radius 2 is 2.24 bits per heavy atom. The number of rotatable bonds is 4. The monoisotopic (exact) mass is 232 g/mol. The van der Waals surface area contributed by atoms with E-state index >= 15 is 0 Å². The molecule has 90 valence electrons. The molecule has 4 heteroatoms. The Labute approximate surface area is 101 Å². The minimum Gasteiger partial charge on any atom is -0.496 e. The van der Waals surface area contributed by atoms with Crippen molar-refractivity contribution < 1.29 is 9.53 Å². The summed E-state index contributed by atoms with van der Waals surface area (Å²) in [5.41, 5.74) is 2.05. The summed E-state index contributed by atoms with van der Waals surface area (Å²) in [6.45, 7) is 4.50. The molecule has 0 heterocycles. The molecule has 0 saturated carbocycles. The summed E-state index contributed by atoms with van der Waals surface area (Å²) in [4.78, 5) is 10.9. The molecule has 0 aliphatic carbocycles. The normalized spacial score (nSPS) is 9.82. The van der Waals surface area contributed by atoms with E-state index in [-0.39, 0.29) is 0 Å². The van der Waals surface area contributed by atoms with Crippen LogP contribution < -0.4 is 10.1 Å². The van der Waals surface area contributed by atoms with Gasteiger partial charge in [0.25, 0.3) is 0 Å². The molecular weight excluding hydrogens is 216 g/mol. The predicted octanol–water partition coefficient (Wildman–Crippen LogP) is 1.96. The Morgan fingerprint density at radius 1 is 1.53 bits per heavy atom. The highest BCUT2D eigenvalue weighted by Gasteiger charge is 2.08. The van der Waals surface area contributed by atoms with Crippen LogP contribution in [0.5, 0.6) is 5.75 Å². The van der Waals surface area contributed by atoms with Crippen LogP contribution in [0.15, 0.2) is 18.2 Å². The van der Waals surface area contributed by atoms with E-state index in [1.807, 2.05) is 18.2 Å². The minimum atomic E-state index is -0.637. The molecule has 0 aliphatic heterocycles. The number of methoxy groups -OCH3 is 1. The molecule has 0 fully saturated rings. The van der Waals surface area contributed by atoms with Crippen molar-refractivity contribution in [2.75, 3.05) is 7.11 Å². The molecule has 0 radical (unpaired) electrons. The second-order valence-corrected chi connectivity index (χ2v) is 4.02. The average molecular weight is 232 g/mol. The highest BCUT2D eigenvalue weighted by Crippen LogP contribution is 2.23. The molecule has 0 saturated heterocycles. The summed E-state index contributed by atoms with van der Waals surface area (Å²) in [5.74, 6) is 0.487. The number of hydrogen-bond donors (Lipinski definition) is 1. The highest BCUT2D eigenvalue weighted by atomic mass is 16.5. The third kappa shape index (κ3) is 3.49. The van der Waals surface area contributed by atoms with Gasteiger partial charge >= 0.3 is 5.91 Å². The summed E-state index contributed by atoms with van der Waals surface area (Å²) in [7, 11) is 1.58. The molecule has 0 atom stereocenters. The van der Waals surface area contributed by atoms with Crippen LogP contribution in [0.3, 0.4) is 0 Å². The van der Waals surface area contributed by atoms with Gasteiger partial charge in [-0.25, -0.2) is 0 Å².